The number of aromatic nitrogens is 3. The Morgan fingerprint density at radius 2 is 2.21 bits per heavy atom. The van der Waals surface area contributed by atoms with Gasteiger partial charge in [-0.3, -0.25) is 4.40 Å². The van der Waals surface area contributed by atoms with E-state index in [0.717, 1.165) is 5.56 Å². The number of hydrogen-bond acceptors (Lipinski definition) is 3. The van der Waals surface area contributed by atoms with Crippen molar-refractivity contribution in [1.82, 2.24) is 14.4 Å². The van der Waals surface area contributed by atoms with E-state index in [4.69, 9.17) is 16.3 Å². The van der Waals surface area contributed by atoms with Crippen molar-refractivity contribution < 1.29 is 4.74 Å². The van der Waals surface area contributed by atoms with Crippen LogP contribution in [0.2, 0.25) is 5.02 Å². The Labute approximate surface area is 123 Å². The molecule has 3 aromatic rings. The lowest BCUT2D eigenvalue weighted by atomic mass is 10.2. The van der Waals surface area contributed by atoms with Crippen molar-refractivity contribution in [3.63, 3.8) is 0 Å². The lowest BCUT2D eigenvalue weighted by molar-refractivity contribution is 0.463. The number of fused-ring (bicyclic) bond motifs is 1. The van der Waals surface area contributed by atoms with Gasteiger partial charge in [-0.15, -0.1) is 0 Å². The molecule has 0 amide bonds. The standard InChI is InChI=1S/C13H9BrClN3O/c1-8-6-9(2-3-10(8)15)19-13-12-16-4-5-18(12)7-11(14)17-13/h2-7H,1H3. The molecular formula is C13H9BrClN3O. The molecule has 0 radical (unpaired) electrons. The first kappa shape index (κ1) is 12.4. The third kappa shape index (κ3) is 2.43. The molecule has 0 saturated carbocycles. The van der Waals surface area contributed by atoms with Crippen LogP contribution in [0, 0.1) is 6.92 Å². The van der Waals surface area contributed by atoms with E-state index in [0.29, 0.717) is 26.9 Å². The predicted octanol–water partition coefficient (Wildman–Crippen LogP) is 4.25. The summed E-state index contributed by atoms with van der Waals surface area (Å²) in [7, 11) is 0. The fourth-order valence-electron chi connectivity index (χ4n) is 1.73. The summed E-state index contributed by atoms with van der Waals surface area (Å²) in [5, 5.41) is 0.709. The van der Waals surface area contributed by atoms with Crippen LogP contribution in [0.25, 0.3) is 5.65 Å². The van der Waals surface area contributed by atoms with Gasteiger partial charge in [0.1, 0.15) is 10.4 Å². The van der Waals surface area contributed by atoms with E-state index in [1.54, 1.807) is 18.3 Å². The van der Waals surface area contributed by atoms with Gasteiger partial charge >= 0.3 is 0 Å². The second kappa shape index (κ2) is 4.83. The number of aryl methyl sites for hydroxylation is 1. The van der Waals surface area contributed by atoms with Crippen molar-refractivity contribution in [2.45, 2.75) is 6.92 Å². The minimum Gasteiger partial charge on any atom is -0.436 e. The Balaban J connectivity index is 2.04. The van der Waals surface area contributed by atoms with E-state index in [1.807, 2.05) is 29.8 Å². The monoisotopic (exact) mass is 337 g/mol. The zero-order valence-electron chi connectivity index (χ0n) is 9.97. The normalized spacial score (nSPS) is 10.9. The van der Waals surface area contributed by atoms with E-state index in [1.165, 1.54) is 0 Å². The number of rotatable bonds is 2. The Bertz CT molecular complexity index is 757. The van der Waals surface area contributed by atoms with E-state index in [-0.39, 0.29) is 0 Å². The quantitative estimate of drug-likeness (QED) is 0.701. The number of ether oxygens (including phenoxy) is 1. The molecule has 2 heterocycles. The van der Waals surface area contributed by atoms with Crippen LogP contribution >= 0.6 is 27.5 Å². The summed E-state index contributed by atoms with van der Waals surface area (Å²) >= 11 is 9.34. The third-order valence-electron chi connectivity index (χ3n) is 2.66. The SMILES string of the molecule is Cc1cc(Oc2nc(Br)cn3ccnc23)ccc1Cl. The highest BCUT2D eigenvalue weighted by molar-refractivity contribution is 9.10. The molecule has 19 heavy (non-hydrogen) atoms. The molecule has 0 spiro atoms. The van der Waals surface area contributed by atoms with Gasteiger partial charge in [0, 0.05) is 23.6 Å². The lowest BCUT2D eigenvalue weighted by Gasteiger charge is -2.08. The molecule has 0 unspecified atom stereocenters. The van der Waals surface area contributed by atoms with E-state index in [9.17, 15) is 0 Å². The first-order valence-corrected chi connectivity index (χ1v) is 6.74. The molecule has 0 atom stereocenters. The second-order valence-corrected chi connectivity index (χ2v) is 5.26. The molecular weight excluding hydrogens is 330 g/mol. The molecule has 1 aromatic carbocycles. The van der Waals surface area contributed by atoms with Crippen LogP contribution in [0.4, 0.5) is 0 Å². The highest BCUT2D eigenvalue weighted by Gasteiger charge is 2.09. The maximum absolute atomic E-state index is 5.99. The first-order valence-electron chi connectivity index (χ1n) is 5.57. The van der Waals surface area contributed by atoms with Gasteiger partial charge in [-0.05, 0) is 46.6 Å². The molecule has 4 nitrogen and oxygen atoms in total. The van der Waals surface area contributed by atoms with Gasteiger partial charge in [0.25, 0.3) is 5.88 Å². The van der Waals surface area contributed by atoms with Crippen molar-refractivity contribution >= 4 is 33.2 Å². The molecule has 6 heteroatoms. The van der Waals surface area contributed by atoms with Crippen LogP contribution in [-0.2, 0) is 0 Å². The number of halogens is 2. The van der Waals surface area contributed by atoms with Crippen molar-refractivity contribution in [2.24, 2.45) is 0 Å². The first-order chi connectivity index (χ1) is 9.13. The summed E-state index contributed by atoms with van der Waals surface area (Å²) in [6, 6.07) is 5.47. The lowest BCUT2D eigenvalue weighted by Crippen LogP contribution is -1.95. The Kier molecular flexibility index (Phi) is 3.16. The van der Waals surface area contributed by atoms with Gasteiger partial charge < -0.3 is 4.74 Å². The van der Waals surface area contributed by atoms with E-state index < -0.39 is 0 Å². The summed E-state index contributed by atoms with van der Waals surface area (Å²) < 4.78 is 8.31. The van der Waals surface area contributed by atoms with Crippen LogP contribution in [0.15, 0.2) is 41.4 Å². The highest BCUT2D eigenvalue weighted by atomic mass is 79.9. The molecule has 2 aromatic heterocycles. The number of benzene rings is 1. The fourth-order valence-corrected chi connectivity index (χ4v) is 2.23. The molecule has 0 fully saturated rings. The number of nitrogens with zero attached hydrogens (tertiary/aromatic N) is 3. The number of imidazole rings is 1. The summed E-state index contributed by atoms with van der Waals surface area (Å²) in [5.41, 5.74) is 1.62. The molecule has 0 bridgehead atoms. The minimum absolute atomic E-state index is 0.445. The van der Waals surface area contributed by atoms with Gasteiger partial charge in [0.2, 0.25) is 5.65 Å². The topological polar surface area (TPSA) is 39.4 Å². The minimum atomic E-state index is 0.445. The summed E-state index contributed by atoms with van der Waals surface area (Å²) in [6.45, 7) is 1.93. The highest BCUT2D eigenvalue weighted by Crippen LogP contribution is 2.27. The van der Waals surface area contributed by atoms with E-state index in [2.05, 4.69) is 25.9 Å². The summed E-state index contributed by atoms with van der Waals surface area (Å²) in [5.74, 6) is 1.12. The zero-order chi connectivity index (χ0) is 13.4. The zero-order valence-corrected chi connectivity index (χ0v) is 12.3. The smallest absolute Gasteiger partial charge is 0.264 e. The Hall–Kier alpha value is -1.59. The van der Waals surface area contributed by atoms with Crippen molar-refractivity contribution in [2.75, 3.05) is 0 Å². The average Bonchev–Trinajstić information content (AvgIpc) is 2.82. The van der Waals surface area contributed by atoms with Crippen LogP contribution in [0.5, 0.6) is 11.6 Å². The van der Waals surface area contributed by atoms with Gasteiger partial charge in [-0.1, -0.05) is 11.6 Å². The molecule has 96 valence electrons. The molecule has 0 N–H and O–H groups in total. The molecule has 0 aliphatic carbocycles. The van der Waals surface area contributed by atoms with Gasteiger partial charge in [0.05, 0.1) is 0 Å². The van der Waals surface area contributed by atoms with Crippen LogP contribution in [0.3, 0.4) is 0 Å². The predicted molar refractivity (Wildman–Crippen MR) is 77.0 cm³/mol. The third-order valence-corrected chi connectivity index (χ3v) is 3.46. The van der Waals surface area contributed by atoms with Gasteiger partial charge in [-0.25, -0.2) is 9.97 Å². The van der Waals surface area contributed by atoms with Crippen LogP contribution < -0.4 is 4.74 Å². The van der Waals surface area contributed by atoms with Crippen molar-refractivity contribution in [1.29, 1.82) is 0 Å². The molecule has 0 aliphatic rings. The van der Waals surface area contributed by atoms with Crippen molar-refractivity contribution in [3.8, 4) is 11.6 Å². The fraction of sp³-hybridized carbons (Fsp3) is 0.0769. The van der Waals surface area contributed by atoms with Crippen molar-refractivity contribution in [3.05, 3.63) is 52.0 Å². The maximum atomic E-state index is 5.99. The molecule has 3 rings (SSSR count). The average molecular weight is 339 g/mol. The largest absolute Gasteiger partial charge is 0.436 e. The van der Waals surface area contributed by atoms with Crippen LogP contribution in [0.1, 0.15) is 5.56 Å². The number of hydrogen-bond donors (Lipinski definition) is 0. The van der Waals surface area contributed by atoms with Gasteiger partial charge in [0.15, 0.2) is 0 Å². The summed E-state index contributed by atoms with van der Waals surface area (Å²) in [6.07, 6.45) is 5.35. The Morgan fingerprint density at radius 1 is 1.37 bits per heavy atom. The van der Waals surface area contributed by atoms with Crippen LogP contribution in [-0.4, -0.2) is 14.4 Å². The van der Waals surface area contributed by atoms with E-state index >= 15 is 0 Å². The Morgan fingerprint density at radius 3 is 3.00 bits per heavy atom. The maximum Gasteiger partial charge on any atom is 0.264 e. The second-order valence-electron chi connectivity index (χ2n) is 4.04. The molecule has 0 aliphatic heterocycles. The van der Waals surface area contributed by atoms with Gasteiger partial charge in [-0.2, -0.15) is 0 Å². The summed E-state index contributed by atoms with van der Waals surface area (Å²) in [4.78, 5) is 8.52. The molecule has 0 saturated heterocycles.